The van der Waals surface area contributed by atoms with Crippen LogP contribution in [0, 0.1) is 6.92 Å². The van der Waals surface area contributed by atoms with Crippen LogP contribution in [0.5, 0.6) is 0 Å². The average molecular weight is 430 g/mol. The van der Waals surface area contributed by atoms with Crippen LogP contribution in [0.1, 0.15) is 66.8 Å². The zero-order valence-electron chi connectivity index (χ0n) is 17.2. The monoisotopic (exact) mass is 429 g/mol. The van der Waals surface area contributed by atoms with E-state index in [4.69, 9.17) is 4.98 Å². The van der Waals surface area contributed by atoms with Gasteiger partial charge in [0.2, 0.25) is 5.95 Å². The second-order valence-electron chi connectivity index (χ2n) is 8.14. The Hall–Kier alpha value is -2.45. The molecule has 3 heterocycles. The van der Waals surface area contributed by atoms with Crippen LogP contribution in [0.15, 0.2) is 24.3 Å². The first-order valence-electron chi connectivity index (χ1n) is 10.6. The summed E-state index contributed by atoms with van der Waals surface area (Å²) >= 11 is 0. The van der Waals surface area contributed by atoms with E-state index in [2.05, 4.69) is 31.6 Å². The second-order valence-corrected chi connectivity index (χ2v) is 8.14. The van der Waals surface area contributed by atoms with Gasteiger partial charge in [0, 0.05) is 6.04 Å². The number of piperidine rings is 1. The number of hydrogen-bond donors (Lipinski definition) is 2. The van der Waals surface area contributed by atoms with Crippen molar-refractivity contribution in [1.82, 2.24) is 29.9 Å². The van der Waals surface area contributed by atoms with Crippen LogP contribution in [0.25, 0.3) is 11.0 Å². The van der Waals surface area contributed by atoms with E-state index < -0.39 is 0 Å². The fraction of sp³-hybridized carbons (Fsp3) is 0.524. The lowest BCUT2D eigenvalue weighted by Gasteiger charge is -2.23. The molecule has 30 heavy (non-hydrogen) atoms. The van der Waals surface area contributed by atoms with Crippen LogP contribution in [0.4, 0.5) is 5.95 Å². The molecule has 3 aromatic rings. The van der Waals surface area contributed by atoms with E-state index >= 15 is 0 Å². The van der Waals surface area contributed by atoms with E-state index in [0.717, 1.165) is 55.5 Å². The second kappa shape index (κ2) is 8.73. The van der Waals surface area contributed by atoms with Crippen molar-refractivity contribution in [3.05, 3.63) is 35.7 Å². The summed E-state index contributed by atoms with van der Waals surface area (Å²) in [7, 11) is 0. The third kappa shape index (κ3) is 3.70. The highest BCUT2D eigenvalue weighted by atomic mass is 35.5. The highest BCUT2D eigenvalue weighted by molar-refractivity contribution is 6.03. The lowest BCUT2D eigenvalue weighted by atomic mass is 10.1. The molecule has 0 radical (unpaired) electrons. The number of benzene rings is 1. The number of carbonyl (C=O) groups excluding carboxylic acids is 1. The summed E-state index contributed by atoms with van der Waals surface area (Å²) in [6.45, 7) is 3.87. The number of halogens is 1. The lowest BCUT2D eigenvalue weighted by Crippen LogP contribution is -2.30. The van der Waals surface area contributed by atoms with Crippen molar-refractivity contribution in [1.29, 1.82) is 0 Å². The van der Waals surface area contributed by atoms with Gasteiger partial charge in [-0.1, -0.05) is 30.2 Å². The number of anilines is 1. The van der Waals surface area contributed by atoms with Crippen molar-refractivity contribution in [3.63, 3.8) is 0 Å². The zero-order chi connectivity index (χ0) is 19.8. The number of carbonyl (C=O) groups is 1. The Morgan fingerprint density at radius 1 is 1.10 bits per heavy atom. The fourth-order valence-electron chi connectivity index (χ4n) is 4.77. The Morgan fingerprint density at radius 3 is 2.60 bits per heavy atom. The van der Waals surface area contributed by atoms with Crippen molar-refractivity contribution < 1.29 is 4.79 Å². The first-order valence-corrected chi connectivity index (χ1v) is 10.6. The third-order valence-electron chi connectivity index (χ3n) is 6.31. The molecule has 1 saturated heterocycles. The molecule has 2 aromatic heterocycles. The van der Waals surface area contributed by atoms with Gasteiger partial charge in [-0.25, -0.2) is 9.67 Å². The van der Waals surface area contributed by atoms with Crippen molar-refractivity contribution >= 4 is 35.3 Å². The molecule has 1 amide bonds. The molecule has 1 aliphatic heterocycles. The van der Waals surface area contributed by atoms with Gasteiger partial charge in [-0.2, -0.15) is 0 Å². The van der Waals surface area contributed by atoms with Gasteiger partial charge in [-0.3, -0.25) is 10.1 Å². The van der Waals surface area contributed by atoms with Gasteiger partial charge in [0.15, 0.2) is 5.69 Å². The van der Waals surface area contributed by atoms with Crippen LogP contribution >= 0.6 is 12.4 Å². The fourth-order valence-corrected chi connectivity index (χ4v) is 4.77. The molecule has 0 unspecified atom stereocenters. The molecule has 1 aliphatic carbocycles. The van der Waals surface area contributed by atoms with Crippen molar-refractivity contribution in [2.75, 3.05) is 18.4 Å². The van der Waals surface area contributed by atoms with Crippen molar-refractivity contribution in [2.45, 2.75) is 57.5 Å². The molecule has 160 valence electrons. The molecule has 0 atom stereocenters. The molecule has 9 heteroatoms. The van der Waals surface area contributed by atoms with Crippen LogP contribution < -0.4 is 10.6 Å². The summed E-state index contributed by atoms with van der Waals surface area (Å²) in [4.78, 5) is 17.8. The number of nitrogens with one attached hydrogen (secondary N) is 2. The maximum Gasteiger partial charge on any atom is 0.280 e. The molecule has 0 bridgehead atoms. The van der Waals surface area contributed by atoms with Crippen molar-refractivity contribution in [2.24, 2.45) is 0 Å². The average Bonchev–Trinajstić information content (AvgIpc) is 3.46. The number of rotatable bonds is 4. The first-order chi connectivity index (χ1) is 14.2. The predicted octanol–water partition coefficient (Wildman–Crippen LogP) is 3.65. The summed E-state index contributed by atoms with van der Waals surface area (Å²) in [6.07, 6.45) is 6.68. The number of fused-ring (bicyclic) bond motifs is 1. The Kier molecular flexibility index (Phi) is 6.06. The molecule has 2 aliphatic rings. The smallest absolute Gasteiger partial charge is 0.280 e. The predicted molar refractivity (Wildman–Crippen MR) is 118 cm³/mol. The molecule has 1 aromatic carbocycles. The Balaban J connectivity index is 0.00000218. The van der Waals surface area contributed by atoms with Gasteiger partial charge >= 0.3 is 0 Å². The van der Waals surface area contributed by atoms with Gasteiger partial charge in [-0.15, -0.1) is 17.5 Å². The minimum absolute atomic E-state index is 0. The standard InChI is InChI=1S/C21H27N7O.ClH/c1-14-19(25-26-28(14)16-10-12-22-13-11-16)20(29)24-21-23-17-8-4-5-9-18(17)27(21)15-6-2-3-7-15;/h4-5,8-9,15-16,22H,2-3,6-7,10-13H2,1H3,(H,23,24,29);1H. The van der Waals surface area contributed by atoms with Crippen LogP contribution in [0.3, 0.4) is 0 Å². The minimum atomic E-state index is -0.239. The Morgan fingerprint density at radius 2 is 1.83 bits per heavy atom. The number of hydrogen-bond acceptors (Lipinski definition) is 5. The third-order valence-corrected chi connectivity index (χ3v) is 6.31. The topological polar surface area (TPSA) is 89.7 Å². The molecular weight excluding hydrogens is 402 g/mol. The van der Waals surface area contributed by atoms with E-state index in [1.54, 1.807) is 0 Å². The van der Waals surface area contributed by atoms with Gasteiger partial charge in [0.1, 0.15) is 0 Å². The number of imidazole rings is 1. The first kappa shape index (κ1) is 20.8. The number of para-hydroxylation sites is 2. The molecule has 1 saturated carbocycles. The molecule has 8 nitrogen and oxygen atoms in total. The Labute approximate surface area is 181 Å². The lowest BCUT2D eigenvalue weighted by molar-refractivity contribution is 0.102. The number of aromatic nitrogens is 5. The van der Waals surface area contributed by atoms with Crippen LogP contribution in [0.2, 0.25) is 0 Å². The van der Waals surface area contributed by atoms with Crippen LogP contribution in [-0.4, -0.2) is 43.5 Å². The largest absolute Gasteiger partial charge is 0.317 e. The molecular formula is C21H28ClN7O. The number of nitrogens with zero attached hydrogens (tertiary/aromatic N) is 5. The summed E-state index contributed by atoms with van der Waals surface area (Å²) in [5, 5.41) is 14.9. The molecule has 2 fully saturated rings. The maximum atomic E-state index is 13.1. The summed E-state index contributed by atoms with van der Waals surface area (Å²) in [5.74, 6) is 0.371. The van der Waals surface area contributed by atoms with Gasteiger partial charge in [0.25, 0.3) is 5.91 Å². The van der Waals surface area contributed by atoms with Crippen molar-refractivity contribution in [3.8, 4) is 0 Å². The van der Waals surface area contributed by atoms with Crippen LogP contribution in [-0.2, 0) is 0 Å². The number of amides is 1. The van der Waals surface area contributed by atoms with E-state index in [9.17, 15) is 4.79 Å². The Bertz CT molecular complexity index is 1030. The molecule has 0 spiro atoms. The minimum Gasteiger partial charge on any atom is -0.317 e. The zero-order valence-corrected chi connectivity index (χ0v) is 18.0. The molecule has 5 rings (SSSR count). The van der Waals surface area contributed by atoms with E-state index in [0.29, 0.717) is 23.7 Å². The summed E-state index contributed by atoms with van der Waals surface area (Å²) in [6, 6.07) is 8.76. The van der Waals surface area contributed by atoms with Gasteiger partial charge < -0.3 is 9.88 Å². The quantitative estimate of drug-likeness (QED) is 0.660. The van der Waals surface area contributed by atoms with E-state index in [-0.39, 0.29) is 18.3 Å². The SMILES string of the molecule is Cc1c(C(=O)Nc2nc3ccccc3n2C2CCCC2)nnn1C1CCNCC1.Cl. The molecule has 2 N–H and O–H groups in total. The summed E-state index contributed by atoms with van der Waals surface area (Å²) < 4.78 is 4.11. The highest BCUT2D eigenvalue weighted by Gasteiger charge is 2.26. The normalized spacial score (nSPS) is 17.9. The van der Waals surface area contributed by atoms with E-state index in [1.807, 2.05) is 29.8 Å². The van der Waals surface area contributed by atoms with E-state index in [1.165, 1.54) is 12.8 Å². The maximum absolute atomic E-state index is 13.1. The van der Waals surface area contributed by atoms with Gasteiger partial charge in [0.05, 0.1) is 22.8 Å². The highest BCUT2D eigenvalue weighted by Crippen LogP contribution is 2.35. The summed E-state index contributed by atoms with van der Waals surface area (Å²) in [5.41, 5.74) is 3.18. The van der Waals surface area contributed by atoms with Gasteiger partial charge in [-0.05, 0) is 57.8 Å².